The summed E-state index contributed by atoms with van der Waals surface area (Å²) in [5, 5.41) is 10.5. The molecule has 0 spiro atoms. The molecule has 0 amide bonds. The number of aliphatic hydroxyl groups is 1. The second-order valence-corrected chi connectivity index (χ2v) is 7.62. The second-order valence-electron chi connectivity index (χ2n) is 7.62. The Morgan fingerprint density at radius 1 is 0.926 bits per heavy atom. The smallest absolute Gasteiger partial charge is 0.126 e. The molecule has 0 radical (unpaired) electrons. The minimum Gasteiger partial charge on any atom is -0.385 e. The number of quaternary nitrogens is 1. The molecule has 144 valence electrons. The Morgan fingerprint density at radius 2 is 1.56 bits per heavy atom. The van der Waals surface area contributed by atoms with Crippen LogP contribution in [-0.4, -0.2) is 31.0 Å². The highest BCUT2D eigenvalue weighted by Gasteiger charge is 2.18. The minimum atomic E-state index is -0.438. The fourth-order valence-electron chi connectivity index (χ4n) is 3.75. The van der Waals surface area contributed by atoms with E-state index in [1.54, 1.807) is 0 Å². The number of hydrogen-bond acceptors (Lipinski definition) is 2. The van der Waals surface area contributed by atoms with E-state index in [1.807, 2.05) is 12.1 Å². The number of benzene rings is 2. The van der Waals surface area contributed by atoms with E-state index < -0.39 is 6.10 Å². The third-order valence-corrected chi connectivity index (χ3v) is 5.16. The molecular weight excluding hydrogens is 334 g/mol. The van der Waals surface area contributed by atoms with Crippen LogP contribution in [0.3, 0.4) is 0 Å². The summed E-state index contributed by atoms with van der Waals surface area (Å²) in [6.45, 7) is 3.68. The zero-order chi connectivity index (χ0) is 18.7. The van der Waals surface area contributed by atoms with Crippen molar-refractivity contribution in [2.45, 2.75) is 38.5 Å². The summed E-state index contributed by atoms with van der Waals surface area (Å²) in [5.74, 6) is 0.610. The maximum atomic E-state index is 10.5. The van der Waals surface area contributed by atoms with Crippen molar-refractivity contribution >= 4 is 0 Å². The van der Waals surface area contributed by atoms with Crippen molar-refractivity contribution in [1.82, 2.24) is 0 Å². The molecule has 0 saturated carbocycles. The van der Waals surface area contributed by atoms with Gasteiger partial charge < -0.3 is 14.7 Å². The maximum absolute atomic E-state index is 10.5. The van der Waals surface area contributed by atoms with Crippen LogP contribution in [0.2, 0.25) is 0 Å². The van der Waals surface area contributed by atoms with Gasteiger partial charge in [0.1, 0.15) is 25.7 Å². The number of aliphatic hydroxyl groups excluding tert-OH is 1. The van der Waals surface area contributed by atoms with Crippen LogP contribution in [0.1, 0.15) is 30.4 Å². The average Bonchev–Trinajstić information content (AvgIpc) is 2.70. The summed E-state index contributed by atoms with van der Waals surface area (Å²) >= 11 is 0. The first-order chi connectivity index (χ1) is 13.3. The van der Waals surface area contributed by atoms with Crippen molar-refractivity contribution in [3.63, 3.8) is 0 Å². The summed E-state index contributed by atoms with van der Waals surface area (Å²) < 4.78 is 5.84. The van der Waals surface area contributed by atoms with E-state index in [4.69, 9.17) is 4.74 Å². The molecule has 3 heteroatoms. The highest BCUT2D eigenvalue weighted by Crippen LogP contribution is 2.18. The number of rotatable bonds is 10. The highest BCUT2D eigenvalue weighted by atomic mass is 16.5. The fraction of sp³-hybridized carbons (Fsp3) is 0.417. The molecule has 0 bridgehead atoms. The van der Waals surface area contributed by atoms with Crippen molar-refractivity contribution in [1.29, 1.82) is 0 Å². The van der Waals surface area contributed by atoms with Crippen molar-refractivity contribution < 1.29 is 14.7 Å². The standard InChI is InChI=1S/C24H31NO2/c26-24(20-27-19-23-14-8-3-9-15-23)18-25(16-21-10-4-1-5-11-21)17-22-12-6-2-7-13-22/h1-8,10-13,23-24,26H,9,14-20H2/p+1/t23-,24-/m0/s1. The first-order valence-corrected chi connectivity index (χ1v) is 10.1. The SMILES string of the molecule is O[C@H](COC[C@H]1CC=CCC1)C[NH+](Cc1ccccc1)Cc1ccccc1. The van der Waals surface area contributed by atoms with E-state index in [2.05, 4.69) is 60.7 Å². The molecule has 2 aromatic rings. The molecule has 0 aromatic heterocycles. The second kappa shape index (κ2) is 11.0. The molecule has 27 heavy (non-hydrogen) atoms. The van der Waals surface area contributed by atoms with E-state index in [0.29, 0.717) is 19.1 Å². The van der Waals surface area contributed by atoms with Gasteiger partial charge in [-0.05, 0) is 25.2 Å². The summed E-state index contributed by atoms with van der Waals surface area (Å²) in [6.07, 6.45) is 7.52. The predicted octanol–water partition coefficient (Wildman–Crippen LogP) is 3.01. The van der Waals surface area contributed by atoms with Crippen LogP contribution in [0.4, 0.5) is 0 Å². The number of hydrogen-bond donors (Lipinski definition) is 2. The van der Waals surface area contributed by atoms with E-state index in [0.717, 1.165) is 32.5 Å². The lowest BCUT2D eigenvalue weighted by atomic mass is 9.95. The molecule has 1 aliphatic rings. The Kier molecular flexibility index (Phi) is 8.09. The van der Waals surface area contributed by atoms with Gasteiger partial charge in [-0.2, -0.15) is 0 Å². The fourth-order valence-corrected chi connectivity index (χ4v) is 3.75. The van der Waals surface area contributed by atoms with Gasteiger partial charge in [-0.25, -0.2) is 0 Å². The van der Waals surface area contributed by atoms with E-state index >= 15 is 0 Å². The zero-order valence-electron chi connectivity index (χ0n) is 16.1. The van der Waals surface area contributed by atoms with Crippen molar-refractivity contribution in [3.05, 3.63) is 83.9 Å². The first kappa shape index (κ1) is 19.8. The van der Waals surface area contributed by atoms with Gasteiger partial charge in [-0.3, -0.25) is 0 Å². The van der Waals surface area contributed by atoms with Crippen molar-refractivity contribution in [2.75, 3.05) is 19.8 Å². The maximum Gasteiger partial charge on any atom is 0.126 e. The molecule has 2 atom stereocenters. The molecule has 2 N–H and O–H groups in total. The predicted molar refractivity (Wildman–Crippen MR) is 109 cm³/mol. The summed E-state index contributed by atoms with van der Waals surface area (Å²) in [7, 11) is 0. The van der Waals surface area contributed by atoms with Gasteiger partial charge in [0.05, 0.1) is 6.61 Å². The summed E-state index contributed by atoms with van der Waals surface area (Å²) in [6, 6.07) is 21.0. The number of nitrogens with one attached hydrogen (secondary N) is 1. The minimum absolute atomic E-state index is 0.424. The molecule has 0 saturated heterocycles. The molecule has 0 heterocycles. The lowest BCUT2D eigenvalue weighted by Crippen LogP contribution is -3.10. The van der Waals surface area contributed by atoms with E-state index in [-0.39, 0.29) is 0 Å². The topological polar surface area (TPSA) is 33.9 Å². The van der Waals surface area contributed by atoms with Gasteiger partial charge in [0.2, 0.25) is 0 Å². The van der Waals surface area contributed by atoms with E-state index in [9.17, 15) is 5.11 Å². The molecule has 3 nitrogen and oxygen atoms in total. The van der Waals surface area contributed by atoms with Crippen LogP contribution in [0, 0.1) is 5.92 Å². The lowest BCUT2D eigenvalue weighted by molar-refractivity contribution is -0.930. The normalized spacial score (nSPS) is 17.9. The van der Waals surface area contributed by atoms with E-state index in [1.165, 1.54) is 22.4 Å². The van der Waals surface area contributed by atoms with Crippen LogP contribution in [0.5, 0.6) is 0 Å². The van der Waals surface area contributed by atoms with Crippen LogP contribution in [-0.2, 0) is 17.8 Å². The molecule has 0 fully saturated rings. The molecule has 1 aliphatic carbocycles. The molecular formula is C24H32NO2+. The summed E-state index contributed by atoms with van der Waals surface area (Å²) in [5.41, 5.74) is 2.59. The van der Waals surface area contributed by atoms with Crippen LogP contribution in [0.25, 0.3) is 0 Å². The molecule has 3 rings (SSSR count). The van der Waals surface area contributed by atoms with Crippen LogP contribution in [0.15, 0.2) is 72.8 Å². The zero-order valence-corrected chi connectivity index (χ0v) is 16.1. The number of allylic oxidation sites excluding steroid dienone is 2. The number of ether oxygens (including phenoxy) is 1. The Hall–Kier alpha value is -1.94. The monoisotopic (exact) mass is 366 g/mol. The van der Waals surface area contributed by atoms with Crippen LogP contribution < -0.4 is 4.90 Å². The quantitative estimate of drug-likeness (QED) is 0.634. The molecule has 0 unspecified atom stereocenters. The van der Waals surface area contributed by atoms with Gasteiger partial charge in [0, 0.05) is 17.7 Å². The summed E-state index contributed by atoms with van der Waals surface area (Å²) in [4.78, 5) is 1.35. The van der Waals surface area contributed by atoms with Gasteiger partial charge in [0.25, 0.3) is 0 Å². The molecule has 0 aliphatic heterocycles. The van der Waals surface area contributed by atoms with Crippen LogP contribution >= 0.6 is 0 Å². The van der Waals surface area contributed by atoms with Gasteiger partial charge in [-0.15, -0.1) is 0 Å². The highest BCUT2D eigenvalue weighted by molar-refractivity contribution is 5.14. The Bertz CT molecular complexity index is 630. The third-order valence-electron chi connectivity index (χ3n) is 5.16. The largest absolute Gasteiger partial charge is 0.385 e. The van der Waals surface area contributed by atoms with Crippen molar-refractivity contribution in [2.24, 2.45) is 5.92 Å². The lowest BCUT2D eigenvalue weighted by Gasteiger charge is -2.23. The van der Waals surface area contributed by atoms with Gasteiger partial charge in [-0.1, -0.05) is 72.8 Å². The first-order valence-electron chi connectivity index (χ1n) is 10.1. The Morgan fingerprint density at radius 3 is 2.11 bits per heavy atom. The average molecular weight is 367 g/mol. The molecule has 2 aromatic carbocycles. The van der Waals surface area contributed by atoms with Gasteiger partial charge in [0.15, 0.2) is 0 Å². The third kappa shape index (κ3) is 7.30. The Balaban J connectivity index is 1.50. The van der Waals surface area contributed by atoms with Crippen molar-refractivity contribution in [3.8, 4) is 0 Å². The Labute approximate surface area is 163 Å². The van der Waals surface area contributed by atoms with Gasteiger partial charge >= 0.3 is 0 Å².